The Morgan fingerprint density at radius 2 is 2.42 bits per heavy atom. The largest absolute Gasteiger partial charge is 0.319 e. The van der Waals surface area contributed by atoms with Crippen molar-refractivity contribution in [2.24, 2.45) is 5.73 Å². The molecule has 2 N–H and O–H groups in total. The van der Waals surface area contributed by atoms with Crippen LogP contribution in [0.5, 0.6) is 0 Å². The van der Waals surface area contributed by atoms with Gasteiger partial charge in [-0.05, 0) is 34.5 Å². The van der Waals surface area contributed by atoms with Crippen molar-refractivity contribution in [2.75, 3.05) is 0 Å². The molecule has 1 heterocycles. The summed E-state index contributed by atoms with van der Waals surface area (Å²) in [6.45, 7) is 5.61. The van der Waals surface area contributed by atoms with Gasteiger partial charge in [0.1, 0.15) is 0 Å². The van der Waals surface area contributed by atoms with Crippen molar-refractivity contribution < 1.29 is 0 Å². The second-order valence-electron chi connectivity index (χ2n) is 2.62. The molecule has 0 radical (unpaired) electrons. The maximum atomic E-state index is 5.75. The third-order valence-electron chi connectivity index (χ3n) is 1.66. The Hall–Kier alpha value is -0.670. The monoisotopic (exact) mass is 226 g/mol. The van der Waals surface area contributed by atoms with Crippen LogP contribution in [-0.4, -0.2) is 4.98 Å². The first kappa shape index (κ1) is 9.42. The molecule has 0 saturated carbocycles. The summed E-state index contributed by atoms with van der Waals surface area (Å²) in [6.07, 6.45) is 3.43. The lowest BCUT2D eigenvalue weighted by Gasteiger charge is -2.08. The fraction of sp³-hybridized carbons (Fsp3) is 0.222. The highest BCUT2D eigenvalue weighted by atomic mass is 79.9. The molecule has 1 rings (SSSR count). The van der Waals surface area contributed by atoms with Crippen molar-refractivity contribution >= 4 is 15.9 Å². The highest BCUT2D eigenvalue weighted by molar-refractivity contribution is 9.10. The Morgan fingerprint density at radius 3 is 2.92 bits per heavy atom. The minimum absolute atomic E-state index is 0.168. The molecular weight excluding hydrogens is 216 g/mol. The average molecular weight is 227 g/mol. The molecular formula is C9H11BrN2. The molecule has 0 amide bonds. The van der Waals surface area contributed by atoms with Crippen LogP contribution < -0.4 is 5.73 Å². The van der Waals surface area contributed by atoms with Crippen LogP contribution in [0.4, 0.5) is 0 Å². The Kier molecular flexibility index (Phi) is 3.00. The van der Waals surface area contributed by atoms with Crippen molar-refractivity contribution in [1.82, 2.24) is 4.98 Å². The van der Waals surface area contributed by atoms with E-state index in [2.05, 4.69) is 27.5 Å². The van der Waals surface area contributed by atoms with Gasteiger partial charge in [0.2, 0.25) is 0 Å². The van der Waals surface area contributed by atoms with Gasteiger partial charge >= 0.3 is 0 Å². The standard InChI is InChI=1S/C9H11BrN2/c1-3-8(11)9-6(2)4-7(10)5-12-9/h3-5,8H,1,11H2,2H3/t8-/m0/s1. The van der Waals surface area contributed by atoms with E-state index in [1.165, 1.54) is 0 Å². The zero-order valence-corrected chi connectivity index (χ0v) is 8.51. The molecule has 1 aromatic heterocycles. The van der Waals surface area contributed by atoms with E-state index in [1.54, 1.807) is 12.3 Å². The Labute approximate surface area is 80.6 Å². The number of aromatic nitrogens is 1. The minimum Gasteiger partial charge on any atom is -0.319 e. The first-order valence-electron chi connectivity index (χ1n) is 3.65. The number of rotatable bonds is 2. The molecule has 0 spiro atoms. The number of nitrogens with zero attached hydrogens (tertiary/aromatic N) is 1. The molecule has 64 valence electrons. The van der Waals surface area contributed by atoms with Crippen LogP contribution in [0.15, 0.2) is 29.4 Å². The maximum Gasteiger partial charge on any atom is 0.0656 e. The van der Waals surface area contributed by atoms with E-state index in [9.17, 15) is 0 Å². The van der Waals surface area contributed by atoms with Gasteiger partial charge in [0.05, 0.1) is 11.7 Å². The number of halogens is 1. The van der Waals surface area contributed by atoms with Crippen molar-refractivity contribution in [3.8, 4) is 0 Å². The normalized spacial score (nSPS) is 12.6. The molecule has 0 aliphatic carbocycles. The van der Waals surface area contributed by atoms with E-state index in [1.807, 2.05) is 13.0 Å². The van der Waals surface area contributed by atoms with Gasteiger partial charge in [-0.2, -0.15) is 0 Å². The third kappa shape index (κ3) is 1.93. The molecule has 0 unspecified atom stereocenters. The predicted molar refractivity (Wildman–Crippen MR) is 53.8 cm³/mol. The van der Waals surface area contributed by atoms with Gasteiger partial charge in [-0.25, -0.2) is 0 Å². The van der Waals surface area contributed by atoms with Gasteiger partial charge < -0.3 is 5.73 Å². The fourth-order valence-electron chi connectivity index (χ4n) is 1.01. The molecule has 1 atom stereocenters. The lowest BCUT2D eigenvalue weighted by atomic mass is 10.1. The molecule has 1 aromatic rings. The van der Waals surface area contributed by atoms with Gasteiger partial charge in [-0.15, -0.1) is 6.58 Å². The van der Waals surface area contributed by atoms with Crippen molar-refractivity contribution in [2.45, 2.75) is 13.0 Å². The van der Waals surface area contributed by atoms with Crippen LogP contribution in [0.3, 0.4) is 0 Å². The summed E-state index contributed by atoms with van der Waals surface area (Å²) in [6, 6.07) is 1.82. The minimum atomic E-state index is -0.168. The molecule has 3 heteroatoms. The van der Waals surface area contributed by atoms with E-state index < -0.39 is 0 Å². The zero-order chi connectivity index (χ0) is 9.14. The lowest BCUT2D eigenvalue weighted by Crippen LogP contribution is -2.10. The van der Waals surface area contributed by atoms with E-state index in [4.69, 9.17) is 5.73 Å². The summed E-state index contributed by atoms with van der Waals surface area (Å²) in [4.78, 5) is 4.21. The molecule has 0 aromatic carbocycles. The summed E-state index contributed by atoms with van der Waals surface area (Å²) in [5, 5.41) is 0. The van der Waals surface area contributed by atoms with Crippen LogP contribution in [0, 0.1) is 6.92 Å². The van der Waals surface area contributed by atoms with Crippen molar-refractivity contribution in [3.63, 3.8) is 0 Å². The van der Waals surface area contributed by atoms with Gasteiger partial charge in [0.25, 0.3) is 0 Å². The highest BCUT2D eigenvalue weighted by Crippen LogP contribution is 2.17. The average Bonchev–Trinajstić information content (AvgIpc) is 2.03. The van der Waals surface area contributed by atoms with Crippen LogP contribution in [0.2, 0.25) is 0 Å². The van der Waals surface area contributed by atoms with Crippen LogP contribution in [0.1, 0.15) is 17.3 Å². The summed E-state index contributed by atoms with van der Waals surface area (Å²) < 4.78 is 0.972. The maximum absolute atomic E-state index is 5.75. The first-order chi connectivity index (χ1) is 5.65. The van der Waals surface area contributed by atoms with Crippen LogP contribution in [-0.2, 0) is 0 Å². The number of pyridine rings is 1. The van der Waals surface area contributed by atoms with Crippen LogP contribution >= 0.6 is 15.9 Å². The van der Waals surface area contributed by atoms with E-state index in [0.717, 1.165) is 15.7 Å². The second kappa shape index (κ2) is 3.83. The van der Waals surface area contributed by atoms with Gasteiger partial charge in [0, 0.05) is 10.7 Å². The molecule has 12 heavy (non-hydrogen) atoms. The quantitative estimate of drug-likeness (QED) is 0.787. The van der Waals surface area contributed by atoms with E-state index in [-0.39, 0.29) is 6.04 Å². The highest BCUT2D eigenvalue weighted by Gasteiger charge is 2.06. The topological polar surface area (TPSA) is 38.9 Å². The fourth-order valence-corrected chi connectivity index (χ4v) is 1.46. The first-order valence-corrected chi connectivity index (χ1v) is 4.44. The third-order valence-corrected chi connectivity index (χ3v) is 2.09. The number of nitrogens with two attached hydrogens (primary N) is 1. The number of aryl methyl sites for hydroxylation is 1. The zero-order valence-electron chi connectivity index (χ0n) is 6.92. The van der Waals surface area contributed by atoms with E-state index in [0.29, 0.717) is 0 Å². The Balaban J connectivity index is 3.09. The molecule has 2 nitrogen and oxygen atoms in total. The predicted octanol–water partition coefficient (Wildman–Crippen LogP) is 2.34. The Bertz CT molecular complexity index is 297. The smallest absolute Gasteiger partial charge is 0.0656 e. The van der Waals surface area contributed by atoms with Crippen molar-refractivity contribution in [3.05, 3.63) is 40.6 Å². The summed E-state index contributed by atoms with van der Waals surface area (Å²) >= 11 is 3.34. The lowest BCUT2D eigenvalue weighted by molar-refractivity contribution is 0.849. The molecule has 0 fully saturated rings. The molecule has 0 aliphatic heterocycles. The SMILES string of the molecule is C=C[C@H](N)c1ncc(Br)cc1C. The molecule has 0 bridgehead atoms. The summed E-state index contributed by atoms with van der Waals surface area (Å²) in [7, 11) is 0. The van der Waals surface area contributed by atoms with Crippen molar-refractivity contribution in [1.29, 1.82) is 0 Å². The van der Waals surface area contributed by atoms with Gasteiger partial charge in [-0.1, -0.05) is 6.08 Å². The Morgan fingerprint density at radius 1 is 1.75 bits per heavy atom. The van der Waals surface area contributed by atoms with Gasteiger partial charge in [-0.3, -0.25) is 4.98 Å². The molecule has 0 aliphatic rings. The summed E-state index contributed by atoms with van der Waals surface area (Å²) in [5.41, 5.74) is 7.71. The number of hydrogen-bond acceptors (Lipinski definition) is 2. The van der Waals surface area contributed by atoms with Crippen LogP contribution in [0.25, 0.3) is 0 Å². The van der Waals surface area contributed by atoms with E-state index >= 15 is 0 Å². The second-order valence-corrected chi connectivity index (χ2v) is 3.53. The van der Waals surface area contributed by atoms with Gasteiger partial charge in [0.15, 0.2) is 0 Å². The number of hydrogen-bond donors (Lipinski definition) is 1. The molecule has 0 saturated heterocycles. The summed E-state index contributed by atoms with van der Waals surface area (Å²) in [5.74, 6) is 0.